The first-order valence-electron chi connectivity index (χ1n) is 11.2. The van der Waals surface area contributed by atoms with Gasteiger partial charge < -0.3 is 19.9 Å². The van der Waals surface area contributed by atoms with Gasteiger partial charge in [0.05, 0.1) is 12.1 Å². The van der Waals surface area contributed by atoms with Crippen LogP contribution in [0.25, 0.3) is 0 Å². The molecule has 0 aromatic rings. The molecular formula is C22H34N4O3. The molecule has 0 aromatic heterocycles. The number of hydrogen-bond donors (Lipinski definition) is 1. The summed E-state index contributed by atoms with van der Waals surface area (Å²) in [6.07, 6.45) is 13.6. The third-order valence-electron chi connectivity index (χ3n) is 7.63. The Bertz CT molecular complexity index is 659. The number of urea groups is 1. The van der Waals surface area contributed by atoms with Gasteiger partial charge in [-0.05, 0) is 45.4 Å². The summed E-state index contributed by atoms with van der Waals surface area (Å²) < 4.78 is 5.06. The van der Waals surface area contributed by atoms with Crippen molar-refractivity contribution in [2.24, 2.45) is 0 Å². The second-order valence-corrected chi connectivity index (χ2v) is 9.28. The lowest BCUT2D eigenvalue weighted by Crippen LogP contribution is -2.58. The Balaban J connectivity index is 1.29. The van der Waals surface area contributed by atoms with Crippen molar-refractivity contribution in [1.82, 2.24) is 20.0 Å². The van der Waals surface area contributed by atoms with E-state index in [2.05, 4.69) is 28.0 Å². The molecule has 1 N–H and O–H groups in total. The van der Waals surface area contributed by atoms with Gasteiger partial charge in [0.1, 0.15) is 0 Å². The zero-order valence-electron chi connectivity index (χ0n) is 17.6. The van der Waals surface area contributed by atoms with Crippen molar-refractivity contribution in [3.05, 3.63) is 0 Å². The van der Waals surface area contributed by atoms with E-state index in [4.69, 9.17) is 11.2 Å². The number of fused-ring (bicyclic) bond motifs is 1. The molecule has 0 spiro atoms. The molecule has 1 aliphatic carbocycles. The molecule has 0 bridgehead atoms. The highest BCUT2D eigenvalue weighted by Crippen LogP contribution is 2.35. The number of amides is 3. The highest BCUT2D eigenvalue weighted by Gasteiger charge is 2.46. The molecule has 0 radical (unpaired) electrons. The molecule has 3 saturated heterocycles. The normalized spacial score (nSPS) is 30.4. The number of rotatable bonds is 3. The molecule has 7 nitrogen and oxygen atoms in total. The summed E-state index contributed by atoms with van der Waals surface area (Å²) in [7, 11) is 0. The quantitative estimate of drug-likeness (QED) is 0.737. The van der Waals surface area contributed by atoms with Gasteiger partial charge in [0.2, 0.25) is 0 Å². The number of carbonyl (C=O) groups excluding carboxylic acids is 2. The summed E-state index contributed by atoms with van der Waals surface area (Å²) in [6.45, 7) is 5.80. The molecule has 3 aliphatic heterocycles. The Hall–Kier alpha value is -1.94. The maximum absolute atomic E-state index is 12.6. The van der Waals surface area contributed by atoms with Crippen molar-refractivity contribution in [3.8, 4) is 12.3 Å². The minimum Gasteiger partial charge on any atom is -0.436 e. The number of terminal acetylenes is 1. The van der Waals surface area contributed by atoms with Crippen LogP contribution < -0.4 is 5.32 Å². The standard InChI is InChI=1S/C22H34N4O3/c1-3-16-29-21(28)24-14-10-22(2,11-15-24)25-12-8-17(9-13-25)26-19-7-5-4-6-18(19)23-20(26)27/h1,17-19H,4-16H2,2H3,(H,23,27)/t18-,19?/m0/s1. The molecule has 1 unspecified atom stereocenters. The molecular weight excluding hydrogens is 368 g/mol. The first-order valence-corrected chi connectivity index (χ1v) is 11.2. The molecule has 2 atom stereocenters. The van der Waals surface area contributed by atoms with Crippen LogP contribution in [0.2, 0.25) is 0 Å². The van der Waals surface area contributed by atoms with E-state index in [1.807, 2.05) is 0 Å². The van der Waals surface area contributed by atoms with E-state index in [1.165, 1.54) is 12.8 Å². The fraction of sp³-hybridized carbons (Fsp3) is 0.818. The number of piperidine rings is 2. The van der Waals surface area contributed by atoms with Gasteiger partial charge in [-0.1, -0.05) is 18.8 Å². The van der Waals surface area contributed by atoms with Crippen molar-refractivity contribution in [1.29, 1.82) is 0 Å². The minimum atomic E-state index is -0.300. The molecule has 3 heterocycles. The van der Waals surface area contributed by atoms with Crippen molar-refractivity contribution in [2.45, 2.75) is 82.0 Å². The lowest BCUT2D eigenvalue weighted by Gasteiger charge is -2.50. The molecule has 7 heteroatoms. The second-order valence-electron chi connectivity index (χ2n) is 9.28. The lowest BCUT2D eigenvalue weighted by molar-refractivity contribution is 0.00186. The van der Waals surface area contributed by atoms with Crippen LogP contribution in [0.4, 0.5) is 9.59 Å². The highest BCUT2D eigenvalue weighted by atomic mass is 16.6. The Labute approximate surface area is 174 Å². The van der Waals surface area contributed by atoms with Gasteiger partial charge in [-0.15, -0.1) is 6.42 Å². The third-order valence-corrected chi connectivity index (χ3v) is 7.63. The minimum absolute atomic E-state index is 0.0338. The highest BCUT2D eigenvalue weighted by molar-refractivity contribution is 5.78. The average Bonchev–Trinajstić information content (AvgIpc) is 3.08. The van der Waals surface area contributed by atoms with Crippen LogP contribution in [0.1, 0.15) is 58.3 Å². The van der Waals surface area contributed by atoms with E-state index in [0.29, 0.717) is 31.2 Å². The summed E-state index contributed by atoms with van der Waals surface area (Å²) >= 11 is 0. The van der Waals surface area contributed by atoms with Crippen LogP contribution in [-0.2, 0) is 4.74 Å². The van der Waals surface area contributed by atoms with Crippen molar-refractivity contribution in [2.75, 3.05) is 32.8 Å². The van der Waals surface area contributed by atoms with Crippen LogP contribution in [0.15, 0.2) is 0 Å². The van der Waals surface area contributed by atoms with Gasteiger partial charge >= 0.3 is 12.1 Å². The van der Waals surface area contributed by atoms with E-state index in [9.17, 15) is 9.59 Å². The van der Waals surface area contributed by atoms with E-state index in [0.717, 1.165) is 51.6 Å². The Morgan fingerprint density at radius 2 is 1.86 bits per heavy atom. The predicted octanol–water partition coefficient (Wildman–Crippen LogP) is 2.41. The van der Waals surface area contributed by atoms with Gasteiger partial charge in [0, 0.05) is 37.8 Å². The van der Waals surface area contributed by atoms with Crippen LogP contribution >= 0.6 is 0 Å². The molecule has 4 rings (SSSR count). The largest absolute Gasteiger partial charge is 0.436 e. The fourth-order valence-electron chi connectivity index (χ4n) is 5.80. The van der Waals surface area contributed by atoms with Crippen molar-refractivity contribution in [3.63, 3.8) is 0 Å². The number of ether oxygens (including phenoxy) is 1. The zero-order chi connectivity index (χ0) is 20.4. The third kappa shape index (κ3) is 4.05. The van der Waals surface area contributed by atoms with Gasteiger partial charge in [0.25, 0.3) is 0 Å². The monoisotopic (exact) mass is 402 g/mol. The van der Waals surface area contributed by atoms with Crippen LogP contribution in [0.5, 0.6) is 0 Å². The Kier molecular flexibility index (Phi) is 5.91. The molecule has 160 valence electrons. The van der Waals surface area contributed by atoms with Crippen LogP contribution in [0, 0.1) is 12.3 Å². The fourth-order valence-corrected chi connectivity index (χ4v) is 5.80. The first kappa shape index (κ1) is 20.3. The lowest BCUT2D eigenvalue weighted by atomic mass is 9.85. The number of carbonyl (C=O) groups is 2. The number of hydrogen-bond acceptors (Lipinski definition) is 4. The smallest absolute Gasteiger partial charge is 0.410 e. The molecule has 0 aromatic carbocycles. The van der Waals surface area contributed by atoms with Crippen molar-refractivity contribution < 1.29 is 14.3 Å². The van der Waals surface area contributed by atoms with Gasteiger partial charge in [-0.25, -0.2) is 9.59 Å². The Morgan fingerprint density at radius 1 is 1.17 bits per heavy atom. The molecule has 4 aliphatic rings. The summed E-state index contributed by atoms with van der Waals surface area (Å²) in [5, 5.41) is 3.23. The van der Waals surface area contributed by atoms with E-state index in [-0.39, 0.29) is 24.3 Å². The van der Waals surface area contributed by atoms with Crippen LogP contribution in [-0.4, -0.2) is 83.3 Å². The predicted molar refractivity (Wildman–Crippen MR) is 110 cm³/mol. The number of nitrogens with one attached hydrogen (secondary N) is 1. The summed E-state index contributed by atoms with van der Waals surface area (Å²) in [5.41, 5.74) is 0.106. The molecule has 3 amide bonds. The average molecular weight is 403 g/mol. The molecule has 4 fully saturated rings. The van der Waals surface area contributed by atoms with E-state index < -0.39 is 0 Å². The van der Waals surface area contributed by atoms with E-state index >= 15 is 0 Å². The topological polar surface area (TPSA) is 65.1 Å². The number of nitrogens with zero attached hydrogens (tertiary/aromatic N) is 3. The molecule has 29 heavy (non-hydrogen) atoms. The SMILES string of the molecule is C#CCOC(=O)N1CCC(C)(N2CCC(N3C(=O)N[C@H]4CCCCC43)CC2)CC1. The second kappa shape index (κ2) is 8.43. The summed E-state index contributed by atoms with van der Waals surface area (Å²) in [4.78, 5) is 31.2. The number of likely N-dealkylation sites (tertiary alicyclic amines) is 2. The summed E-state index contributed by atoms with van der Waals surface area (Å²) in [5.74, 6) is 2.34. The van der Waals surface area contributed by atoms with Crippen molar-refractivity contribution >= 4 is 12.1 Å². The maximum Gasteiger partial charge on any atom is 0.410 e. The first-order chi connectivity index (χ1) is 14.0. The maximum atomic E-state index is 12.6. The van der Waals surface area contributed by atoms with Gasteiger partial charge in [-0.3, -0.25) is 4.90 Å². The molecule has 1 saturated carbocycles. The van der Waals surface area contributed by atoms with Gasteiger partial charge in [-0.2, -0.15) is 0 Å². The summed E-state index contributed by atoms with van der Waals surface area (Å²) in [6, 6.07) is 1.29. The zero-order valence-corrected chi connectivity index (χ0v) is 17.6. The van der Waals surface area contributed by atoms with Crippen LogP contribution in [0.3, 0.4) is 0 Å². The van der Waals surface area contributed by atoms with Gasteiger partial charge in [0.15, 0.2) is 6.61 Å². The van der Waals surface area contributed by atoms with E-state index in [1.54, 1.807) is 4.90 Å². The Morgan fingerprint density at radius 3 is 2.55 bits per heavy atom.